The Morgan fingerprint density at radius 1 is 0.684 bits per heavy atom. The zero-order valence-corrected chi connectivity index (χ0v) is 12.5. The van der Waals surface area contributed by atoms with Gasteiger partial charge in [0, 0.05) is 35.8 Å². The van der Waals surface area contributed by atoms with Crippen LogP contribution >= 0.6 is 34.0 Å². The largest absolute Gasteiger partial charge is 0.286 e. The molecule has 0 spiro atoms. The normalized spacial score (nSPS) is 11.2. The fourth-order valence-corrected chi connectivity index (χ4v) is 3.45. The molecule has 0 radical (unpaired) electrons. The molecule has 3 rings (SSSR count). The van der Waals surface area contributed by atoms with E-state index in [1.165, 1.54) is 0 Å². The van der Waals surface area contributed by atoms with E-state index in [1.54, 1.807) is 34.0 Å². The van der Waals surface area contributed by atoms with Gasteiger partial charge in [-0.2, -0.15) is 0 Å². The summed E-state index contributed by atoms with van der Waals surface area (Å²) in [7, 11) is 0. The number of thiazole rings is 3. The molecule has 7 heteroatoms. The van der Waals surface area contributed by atoms with E-state index in [0.717, 1.165) is 36.7 Å². The van der Waals surface area contributed by atoms with Gasteiger partial charge in [0.2, 0.25) is 0 Å². The SMILES string of the molecule is c1nc(CN(Cc2cscn2)Cc2cscn2)cs1. The van der Waals surface area contributed by atoms with Crippen LogP contribution in [0.2, 0.25) is 0 Å². The minimum atomic E-state index is 0.832. The van der Waals surface area contributed by atoms with E-state index in [-0.39, 0.29) is 0 Å². The minimum absolute atomic E-state index is 0.832. The average molecular weight is 308 g/mol. The summed E-state index contributed by atoms with van der Waals surface area (Å²) in [5, 5.41) is 6.28. The molecule has 98 valence electrons. The van der Waals surface area contributed by atoms with Gasteiger partial charge in [-0.15, -0.1) is 34.0 Å². The molecule has 0 aliphatic carbocycles. The predicted octanol–water partition coefficient (Wildman–Crippen LogP) is 3.26. The Bertz CT molecular complexity index is 488. The van der Waals surface area contributed by atoms with Gasteiger partial charge in [0.05, 0.1) is 33.6 Å². The summed E-state index contributed by atoms with van der Waals surface area (Å²) in [6.07, 6.45) is 0. The van der Waals surface area contributed by atoms with Gasteiger partial charge in [-0.25, -0.2) is 15.0 Å². The minimum Gasteiger partial charge on any atom is -0.286 e. The fourth-order valence-electron chi connectivity index (χ4n) is 1.80. The summed E-state index contributed by atoms with van der Waals surface area (Å²) in [4.78, 5) is 15.4. The second kappa shape index (κ2) is 6.33. The quantitative estimate of drug-likeness (QED) is 0.701. The van der Waals surface area contributed by atoms with Crippen molar-refractivity contribution < 1.29 is 0 Å². The summed E-state index contributed by atoms with van der Waals surface area (Å²) < 4.78 is 0. The van der Waals surface area contributed by atoms with E-state index >= 15 is 0 Å². The first-order valence-electron chi connectivity index (χ1n) is 5.73. The molecule has 3 heterocycles. The monoisotopic (exact) mass is 308 g/mol. The molecule has 0 aliphatic heterocycles. The van der Waals surface area contributed by atoms with E-state index < -0.39 is 0 Å². The van der Waals surface area contributed by atoms with Gasteiger partial charge in [0.1, 0.15) is 0 Å². The molecule has 0 saturated heterocycles. The van der Waals surface area contributed by atoms with Gasteiger partial charge in [-0.1, -0.05) is 0 Å². The van der Waals surface area contributed by atoms with Crippen LogP contribution < -0.4 is 0 Å². The van der Waals surface area contributed by atoms with Crippen molar-refractivity contribution in [3.8, 4) is 0 Å². The Morgan fingerprint density at radius 3 is 1.32 bits per heavy atom. The highest BCUT2D eigenvalue weighted by Crippen LogP contribution is 2.14. The molecule has 4 nitrogen and oxygen atoms in total. The molecule has 0 saturated carbocycles. The second-order valence-electron chi connectivity index (χ2n) is 4.08. The Morgan fingerprint density at radius 2 is 1.05 bits per heavy atom. The van der Waals surface area contributed by atoms with E-state index in [1.807, 2.05) is 16.5 Å². The summed E-state index contributed by atoms with van der Waals surface area (Å²) in [5.74, 6) is 0. The first kappa shape index (κ1) is 12.9. The van der Waals surface area contributed by atoms with Crippen LogP contribution in [0.25, 0.3) is 0 Å². The van der Waals surface area contributed by atoms with Gasteiger partial charge in [-0.05, 0) is 0 Å². The van der Waals surface area contributed by atoms with Gasteiger partial charge >= 0.3 is 0 Å². The van der Waals surface area contributed by atoms with Crippen LogP contribution in [0.15, 0.2) is 32.7 Å². The van der Waals surface area contributed by atoms with Crippen molar-refractivity contribution >= 4 is 34.0 Å². The number of hydrogen-bond donors (Lipinski definition) is 0. The summed E-state index contributed by atoms with van der Waals surface area (Å²) in [5.41, 5.74) is 8.94. The molecule has 0 fully saturated rings. The van der Waals surface area contributed by atoms with Crippen molar-refractivity contribution in [3.05, 3.63) is 49.8 Å². The highest BCUT2D eigenvalue weighted by Gasteiger charge is 2.11. The maximum atomic E-state index is 4.36. The topological polar surface area (TPSA) is 41.9 Å². The molecule has 3 aromatic heterocycles. The zero-order chi connectivity index (χ0) is 12.9. The van der Waals surface area contributed by atoms with Gasteiger partial charge in [0.25, 0.3) is 0 Å². The van der Waals surface area contributed by atoms with Gasteiger partial charge in [-0.3, -0.25) is 4.90 Å². The standard InChI is InChI=1S/C12H12N4S3/c1(10-4-17-7-13-10)16(2-11-5-18-8-14-11)3-12-6-19-9-15-12/h4-9H,1-3H2. The number of nitrogens with zero attached hydrogens (tertiary/aromatic N) is 4. The number of rotatable bonds is 6. The smallest absolute Gasteiger partial charge is 0.0795 e. The molecule has 0 atom stereocenters. The van der Waals surface area contributed by atoms with Gasteiger partial charge in [0.15, 0.2) is 0 Å². The number of aromatic nitrogens is 3. The highest BCUT2D eigenvalue weighted by molar-refractivity contribution is 7.08. The van der Waals surface area contributed by atoms with E-state index in [0.29, 0.717) is 0 Å². The van der Waals surface area contributed by atoms with Crippen LogP contribution in [0.3, 0.4) is 0 Å². The second-order valence-corrected chi connectivity index (χ2v) is 6.24. The molecule has 0 bridgehead atoms. The van der Waals surface area contributed by atoms with E-state index in [4.69, 9.17) is 0 Å². The molecule has 0 N–H and O–H groups in total. The maximum absolute atomic E-state index is 4.36. The van der Waals surface area contributed by atoms with Crippen molar-refractivity contribution in [2.24, 2.45) is 0 Å². The first-order chi connectivity index (χ1) is 9.40. The first-order valence-corrected chi connectivity index (χ1v) is 8.56. The van der Waals surface area contributed by atoms with Crippen molar-refractivity contribution in [2.45, 2.75) is 19.6 Å². The number of hydrogen-bond acceptors (Lipinski definition) is 7. The average Bonchev–Trinajstić information content (AvgIpc) is 3.10. The van der Waals surface area contributed by atoms with Crippen molar-refractivity contribution in [1.29, 1.82) is 0 Å². The lowest BCUT2D eigenvalue weighted by Crippen LogP contribution is -2.22. The molecular weight excluding hydrogens is 296 g/mol. The van der Waals surface area contributed by atoms with Crippen LogP contribution in [0, 0.1) is 0 Å². The van der Waals surface area contributed by atoms with Crippen LogP contribution in [-0.4, -0.2) is 19.9 Å². The third-order valence-electron chi connectivity index (χ3n) is 2.61. The fraction of sp³-hybridized carbons (Fsp3) is 0.250. The van der Waals surface area contributed by atoms with Gasteiger partial charge < -0.3 is 0 Å². The van der Waals surface area contributed by atoms with Crippen molar-refractivity contribution in [3.63, 3.8) is 0 Å². The highest BCUT2D eigenvalue weighted by atomic mass is 32.1. The lowest BCUT2D eigenvalue weighted by atomic mass is 10.3. The Balaban J connectivity index is 1.70. The Kier molecular flexibility index (Phi) is 4.29. The molecule has 0 aliphatic rings. The molecule has 0 amide bonds. The molecule has 3 aromatic rings. The van der Waals surface area contributed by atoms with E-state index in [2.05, 4.69) is 36.0 Å². The summed E-state index contributed by atoms with van der Waals surface area (Å²) in [6.45, 7) is 2.50. The Hall–Kier alpha value is -1.15. The molecule has 19 heavy (non-hydrogen) atoms. The maximum Gasteiger partial charge on any atom is 0.0795 e. The zero-order valence-electron chi connectivity index (χ0n) is 10.1. The van der Waals surface area contributed by atoms with Crippen LogP contribution in [0.5, 0.6) is 0 Å². The third-order valence-corrected chi connectivity index (χ3v) is 4.51. The summed E-state index contributed by atoms with van der Waals surface area (Å²) in [6, 6.07) is 0. The third kappa shape index (κ3) is 3.66. The molecule has 0 aromatic carbocycles. The van der Waals surface area contributed by atoms with Crippen LogP contribution in [-0.2, 0) is 19.6 Å². The molecule has 0 unspecified atom stereocenters. The van der Waals surface area contributed by atoms with Crippen molar-refractivity contribution in [1.82, 2.24) is 19.9 Å². The predicted molar refractivity (Wildman–Crippen MR) is 79.3 cm³/mol. The Labute approximate surface area is 123 Å². The lowest BCUT2D eigenvalue weighted by molar-refractivity contribution is 0.240. The van der Waals surface area contributed by atoms with Crippen molar-refractivity contribution in [2.75, 3.05) is 0 Å². The van der Waals surface area contributed by atoms with E-state index in [9.17, 15) is 0 Å². The lowest BCUT2D eigenvalue weighted by Gasteiger charge is -2.19. The molecular formula is C12H12N4S3. The van der Waals surface area contributed by atoms with Crippen LogP contribution in [0.4, 0.5) is 0 Å². The summed E-state index contributed by atoms with van der Waals surface area (Å²) >= 11 is 4.90. The van der Waals surface area contributed by atoms with Crippen LogP contribution in [0.1, 0.15) is 17.1 Å².